The SMILES string of the molecule is COCCOCOc1ccc(CN2CCN(C)CC2)cc1-c1cc(C(CC(=O)O)C(=O)O)cc(C=O)c1OCOCCOC. The van der Waals surface area contributed by atoms with E-state index in [1.807, 2.05) is 12.1 Å². The van der Waals surface area contributed by atoms with Crippen molar-refractivity contribution in [3.8, 4) is 22.6 Å². The summed E-state index contributed by atoms with van der Waals surface area (Å²) in [4.78, 5) is 40.7. The minimum absolute atomic E-state index is 0.0382. The van der Waals surface area contributed by atoms with Crippen molar-refractivity contribution in [3.05, 3.63) is 47.0 Å². The van der Waals surface area contributed by atoms with Crippen LogP contribution >= 0.6 is 0 Å². The van der Waals surface area contributed by atoms with Crippen LogP contribution in [0.25, 0.3) is 11.1 Å². The van der Waals surface area contributed by atoms with Gasteiger partial charge in [-0.2, -0.15) is 0 Å². The van der Waals surface area contributed by atoms with Crippen molar-refractivity contribution in [3.63, 3.8) is 0 Å². The fraction of sp³-hybridized carbons (Fsp3) is 0.516. The molecule has 0 radical (unpaired) electrons. The lowest BCUT2D eigenvalue weighted by Crippen LogP contribution is -2.43. The number of ether oxygens (including phenoxy) is 6. The maximum atomic E-state index is 12.3. The number of carbonyl (C=O) groups excluding carboxylic acids is 1. The zero-order valence-corrected chi connectivity index (χ0v) is 25.5. The van der Waals surface area contributed by atoms with Gasteiger partial charge >= 0.3 is 11.9 Å². The van der Waals surface area contributed by atoms with Gasteiger partial charge in [-0.1, -0.05) is 6.07 Å². The molecule has 0 aliphatic carbocycles. The molecular weight excluding hydrogens is 576 g/mol. The van der Waals surface area contributed by atoms with Gasteiger partial charge in [0.25, 0.3) is 0 Å². The first-order valence-electron chi connectivity index (χ1n) is 14.3. The molecule has 2 N–H and O–H groups in total. The van der Waals surface area contributed by atoms with Crippen LogP contribution in [0, 0.1) is 0 Å². The molecular formula is C31H42N2O11. The van der Waals surface area contributed by atoms with Gasteiger partial charge in [0.1, 0.15) is 11.5 Å². The predicted molar refractivity (Wildman–Crippen MR) is 159 cm³/mol. The number of aldehydes is 1. The van der Waals surface area contributed by atoms with Crippen LogP contribution in [-0.4, -0.2) is 126 Å². The van der Waals surface area contributed by atoms with Crippen molar-refractivity contribution in [2.45, 2.75) is 18.9 Å². The van der Waals surface area contributed by atoms with Crippen molar-refractivity contribution in [1.29, 1.82) is 0 Å². The largest absolute Gasteiger partial charge is 0.481 e. The Hall–Kier alpha value is -3.59. The molecule has 0 aromatic heterocycles. The van der Waals surface area contributed by atoms with E-state index in [1.54, 1.807) is 13.2 Å². The minimum atomic E-state index is -1.41. The monoisotopic (exact) mass is 618 g/mol. The van der Waals surface area contributed by atoms with Crippen LogP contribution in [0.3, 0.4) is 0 Å². The van der Waals surface area contributed by atoms with E-state index in [4.69, 9.17) is 28.4 Å². The highest BCUT2D eigenvalue weighted by atomic mass is 16.7. The van der Waals surface area contributed by atoms with Crippen molar-refractivity contribution in [2.75, 3.05) is 87.5 Å². The first-order valence-corrected chi connectivity index (χ1v) is 14.3. The Kier molecular flexibility index (Phi) is 14.5. The quantitative estimate of drug-likeness (QED) is 0.127. The normalized spacial score (nSPS) is 14.7. The van der Waals surface area contributed by atoms with E-state index in [9.17, 15) is 24.6 Å². The number of methoxy groups -OCH3 is 2. The van der Waals surface area contributed by atoms with E-state index < -0.39 is 24.3 Å². The van der Waals surface area contributed by atoms with Gasteiger partial charge in [0.05, 0.1) is 44.3 Å². The van der Waals surface area contributed by atoms with E-state index in [0.717, 1.165) is 31.7 Å². The maximum Gasteiger partial charge on any atom is 0.311 e. The first-order chi connectivity index (χ1) is 21.3. The van der Waals surface area contributed by atoms with Crippen molar-refractivity contribution in [1.82, 2.24) is 9.80 Å². The summed E-state index contributed by atoms with van der Waals surface area (Å²) in [5.41, 5.74) is 2.00. The van der Waals surface area contributed by atoms with Crippen LogP contribution < -0.4 is 9.47 Å². The molecule has 1 atom stereocenters. The fourth-order valence-corrected chi connectivity index (χ4v) is 4.73. The summed E-state index contributed by atoms with van der Waals surface area (Å²) in [5.74, 6) is -3.49. The van der Waals surface area contributed by atoms with Gasteiger partial charge in [-0.15, -0.1) is 0 Å². The number of aliphatic carboxylic acids is 2. The van der Waals surface area contributed by atoms with E-state index in [0.29, 0.717) is 49.5 Å². The lowest BCUT2D eigenvalue weighted by molar-refractivity contribution is -0.145. The molecule has 2 aromatic rings. The molecule has 13 heteroatoms. The lowest BCUT2D eigenvalue weighted by Gasteiger charge is -2.32. The van der Waals surface area contributed by atoms with E-state index in [2.05, 4.69) is 16.8 Å². The number of likely N-dealkylation sites (N-methyl/N-ethyl adjacent to an activating group) is 1. The number of carbonyl (C=O) groups is 3. The molecule has 3 rings (SSSR count). The topological polar surface area (TPSA) is 154 Å². The zero-order valence-electron chi connectivity index (χ0n) is 25.5. The van der Waals surface area contributed by atoms with Crippen molar-refractivity contribution >= 4 is 18.2 Å². The molecule has 1 fully saturated rings. The Bertz CT molecular complexity index is 1230. The lowest BCUT2D eigenvalue weighted by atomic mass is 9.89. The molecule has 1 aliphatic rings. The number of benzene rings is 2. The Morgan fingerprint density at radius 1 is 0.886 bits per heavy atom. The van der Waals surface area contributed by atoms with Crippen LogP contribution in [0.4, 0.5) is 0 Å². The molecule has 1 unspecified atom stereocenters. The highest BCUT2D eigenvalue weighted by Gasteiger charge is 2.27. The number of hydrogen-bond acceptors (Lipinski definition) is 11. The number of rotatable bonds is 20. The second-order valence-electron chi connectivity index (χ2n) is 10.3. The summed E-state index contributed by atoms with van der Waals surface area (Å²) in [6.45, 7) is 5.28. The van der Waals surface area contributed by atoms with Crippen LogP contribution in [0.15, 0.2) is 30.3 Å². The zero-order chi connectivity index (χ0) is 31.9. The summed E-state index contributed by atoms with van der Waals surface area (Å²) in [7, 11) is 5.19. The van der Waals surface area contributed by atoms with Gasteiger partial charge in [-0.3, -0.25) is 19.3 Å². The number of nitrogens with zero attached hydrogens (tertiary/aromatic N) is 2. The third kappa shape index (κ3) is 10.5. The number of piperazine rings is 1. The van der Waals surface area contributed by atoms with Gasteiger partial charge < -0.3 is 43.5 Å². The van der Waals surface area contributed by atoms with Gasteiger partial charge in [0.15, 0.2) is 19.9 Å². The smallest absolute Gasteiger partial charge is 0.311 e. The Balaban J connectivity index is 2.12. The minimum Gasteiger partial charge on any atom is -0.481 e. The fourth-order valence-electron chi connectivity index (χ4n) is 4.73. The summed E-state index contributed by atoms with van der Waals surface area (Å²) >= 11 is 0. The molecule has 44 heavy (non-hydrogen) atoms. The number of carboxylic acid groups (broad SMARTS) is 2. The van der Waals surface area contributed by atoms with Gasteiger partial charge in [0, 0.05) is 58.1 Å². The molecule has 0 bridgehead atoms. The Morgan fingerprint density at radius 2 is 1.55 bits per heavy atom. The number of hydrogen-bond donors (Lipinski definition) is 2. The molecule has 1 saturated heterocycles. The average Bonchev–Trinajstić information content (AvgIpc) is 3.01. The third-order valence-electron chi connectivity index (χ3n) is 7.13. The first kappa shape index (κ1) is 34.9. The second-order valence-corrected chi connectivity index (χ2v) is 10.3. The molecule has 1 aliphatic heterocycles. The molecule has 242 valence electrons. The summed E-state index contributed by atoms with van der Waals surface area (Å²) in [6.07, 6.45) is -0.132. The van der Waals surface area contributed by atoms with Crippen LogP contribution in [0.2, 0.25) is 0 Å². The summed E-state index contributed by atoms with van der Waals surface area (Å²) in [6, 6.07) is 8.51. The van der Waals surface area contributed by atoms with Crippen LogP contribution in [-0.2, 0) is 35.1 Å². The molecule has 0 spiro atoms. The van der Waals surface area contributed by atoms with Crippen LogP contribution in [0.5, 0.6) is 11.5 Å². The molecule has 13 nitrogen and oxygen atoms in total. The van der Waals surface area contributed by atoms with Gasteiger partial charge in [-0.25, -0.2) is 0 Å². The second kappa shape index (κ2) is 18.3. The maximum absolute atomic E-state index is 12.3. The highest BCUT2D eigenvalue weighted by Crippen LogP contribution is 2.42. The van der Waals surface area contributed by atoms with Crippen molar-refractivity contribution in [2.24, 2.45) is 0 Å². The predicted octanol–water partition coefficient (Wildman–Crippen LogP) is 2.56. The molecule has 1 heterocycles. The van der Waals surface area contributed by atoms with Crippen LogP contribution in [0.1, 0.15) is 33.8 Å². The van der Waals surface area contributed by atoms with E-state index in [1.165, 1.54) is 19.2 Å². The van der Waals surface area contributed by atoms with Crippen molar-refractivity contribution < 1.29 is 53.0 Å². The Labute approximate surface area is 257 Å². The average molecular weight is 619 g/mol. The van der Waals surface area contributed by atoms with E-state index >= 15 is 0 Å². The highest BCUT2D eigenvalue weighted by molar-refractivity contribution is 5.90. The van der Waals surface area contributed by atoms with Gasteiger partial charge in [0.2, 0.25) is 0 Å². The standard InChI is InChI=1S/C31H42N2O11/c1-32-6-8-33(9-7-32)18-22-4-5-28(43-20-41-12-10-39-2)26(14-22)27-16-23(25(31(37)38)17-29(35)36)15-24(19-34)30(27)44-21-42-13-11-40-3/h4-5,14-16,19,25H,6-13,17-18,20-21H2,1-3H3,(H,35,36)(H,37,38). The third-order valence-corrected chi connectivity index (χ3v) is 7.13. The van der Waals surface area contributed by atoms with E-state index in [-0.39, 0.29) is 37.1 Å². The molecule has 0 saturated carbocycles. The molecule has 0 amide bonds. The molecule has 2 aromatic carbocycles. The Morgan fingerprint density at radius 3 is 2.14 bits per heavy atom. The number of carboxylic acids is 2. The summed E-state index contributed by atoms with van der Waals surface area (Å²) in [5, 5.41) is 19.3. The summed E-state index contributed by atoms with van der Waals surface area (Å²) < 4.78 is 33.0. The van der Waals surface area contributed by atoms with Gasteiger partial charge in [-0.05, 0) is 42.4 Å².